The Bertz CT molecular complexity index is 974. The van der Waals surface area contributed by atoms with Crippen molar-refractivity contribution >= 4 is 17.4 Å². The van der Waals surface area contributed by atoms with Gasteiger partial charge in [0.2, 0.25) is 0 Å². The SMILES string of the molecule is COc1ccc(CNC(=O)c2ccnc(Nc3cc(OC)ccc3OC)c2)cc1. The Kier molecular flexibility index (Phi) is 6.52. The van der Waals surface area contributed by atoms with Crippen LogP contribution in [0.5, 0.6) is 17.2 Å². The number of aromatic nitrogens is 1. The molecule has 1 heterocycles. The van der Waals surface area contributed by atoms with Crippen molar-refractivity contribution in [3.63, 3.8) is 0 Å². The predicted molar refractivity (Wildman–Crippen MR) is 111 cm³/mol. The number of nitrogens with zero attached hydrogens (tertiary/aromatic N) is 1. The summed E-state index contributed by atoms with van der Waals surface area (Å²) in [6.45, 7) is 0.414. The monoisotopic (exact) mass is 393 g/mol. The molecule has 0 unspecified atom stereocenters. The Morgan fingerprint density at radius 1 is 0.897 bits per heavy atom. The average molecular weight is 393 g/mol. The number of carbonyl (C=O) groups excluding carboxylic acids is 1. The number of amides is 1. The van der Waals surface area contributed by atoms with Gasteiger partial charge in [0, 0.05) is 24.4 Å². The van der Waals surface area contributed by atoms with Gasteiger partial charge in [0.1, 0.15) is 23.1 Å². The van der Waals surface area contributed by atoms with Crippen LogP contribution in [0.4, 0.5) is 11.5 Å². The lowest BCUT2D eigenvalue weighted by Gasteiger charge is -2.13. The lowest BCUT2D eigenvalue weighted by atomic mass is 10.2. The second-order valence-electron chi connectivity index (χ2n) is 6.15. The van der Waals surface area contributed by atoms with Gasteiger partial charge in [-0.25, -0.2) is 4.98 Å². The molecule has 0 radical (unpaired) electrons. The molecule has 7 nitrogen and oxygen atoms in total. The Labute approximate surface area is 169 Å². The number of rotatable bonds is 8. The third-order valence-corrected chi connectivity index (χ3v) is 4.30. The second kappa shape index (κ2) is 9.45. The summed E-state index contributed by atoms with van der Waals surface area (Å²) in [5.74, 6) is 2.43. The number of benzene rings is 2. The average Bonchev–Trinajstić information content (AvgIpc) is 2.78. The number of anilines is 2. The molecule has 7 heteroatoms. The first-order chi connectivity index (χ1) is 14.1. The third-order valence-electron chi connectivity index (χ3n) is 4.30. The van der Waals surface area contributed by atoms with E-state index in [2.05, 4.69) is 15.6 Å². The van der Waals surface area contributed by atoms with Crippen molar-refractivity contribution in [3.05, 3.63) is 71.9 Å². The van der Waals surface area contributed by atoms with Crippen LogP contribution < -0.4 is 24.8 Å². The van der Waals surface area contributed by atoms with Crippen LogP contribution >= 0.6 is 0 Å². The van der Waals surface area contributed by atoms with E-state index in [0.29, 0.717) is 35.1 Å². The molecule has 2 N–H and O–H groups in total. The molecule has 3 rings (SSSR count). The van der Waals surface area contributed by atoms with Crippen LogP contribution in [0.2, 0.25) is 0 Å². The van der Waals surface area contributed by atoms with Gasteiger partial charge in [0.05, 0.1) is 27.0 Å². The van der Waals surface area contributed by atoms with Crippen LogP contribution in [0.1, 0.15) is 15.9 Å². The standard InChI is InChI=1S/C22H23N3O4/c1-27-17-6-4-15(5-7-17)14-24-22(26)16-10-11-23-21(12-16)25-19-13-18(28-2)8-9-20(19)29-3/h4-13H,14H2,1-3H3,(H,23,25)(H,24,26). The van der Waals surface area contributed by atoms with E-state index >= 15 is 0 Å². The Morgan fingerprint density at radius 2 is 1.62 bits per heavy atom. The summed E-state index contributed by atoms with van der Waals surface area (Å²) in [6.07, 6.45) is 1.58. The molecule has 0 aliphatic heterocycles. The summed E-state index contributed by atoms with van der Waals surface area (Å²) >= 11 is 0. The Hall–Kier alpha value is -3.74. The van der Waals surface area contributed by atoms with Gasteiger partial charge in [-0.2, -0.15) is 0 Å². The topological polar surface area (TPSA) is 81.7 Å². The molecule has 150 valence electrons. The first kappa shape index (κ1) is 20.0. The fraction of sp³-hybridized carbons (Fsp3) is 0.182. The van der Waals surface area contributed by atoms with E-state index in [9.17, 15) is 4.79 Å². The van der Waals surface area contributed by atoms with E-state index in [4.69, 9.17) is 14.2 Å². The molecular formula is C22H23N3O4. The van der Waals surface area contributed by atoms with E-state index in [0.717, 1.165) is 11.3 Å². The number of nitrogens with one attached hydrogen (secondary N) is 2. The number of hydrogen-bond acceptors (Lipinski definition) is 6. The molecule has 0 atom stereocenters. The molecule has 0 aliphatic rings. The smallest absolute Gasteiger partial charge is 0.251 e. The molecule has 1 aromatic heterocycles. The normalized spacial score (nSPS) is 10.2. The number of hydrogen-bond donors (Lipinski definition) is 2. The van der Waals surface area contributed by atoms with Crippen molar-refractivity contribution in [2.24, 2.45) is 0 Å². The van der Waals surface area contributed by atoms with E-state index in [-0.39, 0.29) is 5.91 Å². The summed E-state index contributed by atoms with van der Waals surface area (Å²) in [5.41, 5.74) is 2.17. The van der Waals surface area contributed by atoms with Crippen LogP contribution in [0.3, 0.4) is 0 Å². The number of pyridine rings is 1. The zero-order valence-corrected chi connectivity index (χ0v) is 16.6. The molecule has 3 aromatic rings. The Morgan fingerprint density at radius 3 is 2.31 bits per heavy atom. The van der Waals surface area contributed by atoms with Crippen molar-refractivity contribution in [3.8, 4) is 17.2 Å². The summed E-state index contributed by atoms with van der Waals surface area (Å²) in [4.78, 5) is 16.8. The largest absolute Gasteiger partial charge is 0.497 e. The molecule has 0 bridgehead atoms. The molecule has 0 aliphatic carbocycles. The summed E-state index contributed by atoms with van der Waals surface area (Å²) in [5, 5.41) is 6.07. The molecule has 0 saturated heterocycles. The molecule has 0 spiro atoms. The molecule has 2 aromatic carbocycles. The summed E-state index contributed by atoms with van der Waals surface area (Å²) in [6, 6.07) is 16.3. The van der Waals surface area contributed by atoms with Crippen LogP contribution in [0.15, 0.2) is 60.8 Å². The van der Waals surface area contributed by atoms with Crippen LogP contribution in [-0.2, 0) is 6.54 Å². The van der Waals surface area contributed by atoms with Crippen molar-refractivity contribution in [2.75, 3.05) is 26.6 Å². The first-order valence-corrected chi connectivity index (χ1v) is 8.99. The van der Waals surface area contributed by atoms with Gasteiger partial charge in [-0.15, -0.1) is 0 Å². The van der Waals surface area contributed by atoms with Crippen molar-refractivity contribution in [1.82, 2.24) is 10.3 Å². The molecule has 1 amide bonds. The van der Waals surface area contributed by atoms with Crippen LogP contribution in [0, 0.1) is 0 Å². The second-order valence-corrected chi connectivity index (χ2v) is 6.15. The Balaban J connectivity index is 1.69. The number of methoxy groups -OCH3 is 3. The lowest BCUT2D eigenvalue weighted by Crippen LogP contribution is -2.22. The first-order valence-electron chi connectivity index (χ1n) is 8.99. The van der Waals surface area contributed by atoms with E-state index < -0.39 is 0 Å². The highest BCUT2D eigenvalue weighted by molar-refractivity contribution is 5.94. The number of ether oxygens (including phenoxy) is 3. The fourth-order valence-corrected chi connectivity index (χ4v) is 2.72. The lowest BCUT2D eigenvalue weighted by molar-refractivity contribution is 0.0951. The van der Waals surface area contributed by atoms with Crippen LogP contribution in [0.25, 0.3) is 0 Å². The fourth-order valence-electron chi connectivity index (χ4n) is 2.72. The van der Waals surface area contributed by atoms with Gasteiger partial charge in [-0.3, -0.25) is 4.79 Å². The quantitative estimate of drug-likeness (QED) is 0.606. The van der Waals surface area contributed by atoms with Gasteiger partial charge in [0.15, 0.2) is 0 Å². The minimum Gasteiger partial charge on any atom is -0.497 e. The highest BCUT2D eigenvalue weighted by atomic mass is 16.5. The highest BCUT2D eigenvalue weighted by Gasteiger charge is 2.10. The molecule has 29 heavy (non-hydrogen) atoms. The maximum Gasteiger partial charge on any atom is 0.251 e. The van der Waals surface area contributed by atoms with Gasteiger partial charge in [0.25, 0.3) is 5.91 Å². The maximum absolute atomic E-state index is 12.5. The van der Waals surface area contributed by atoms with Gasteiger partial charge < -0.3 is 24.8 Å². The highest BCUT2D eigenvalue weighted by Crippen LogP contribution is 2.31. The van der Waals surface area contributed by atoms with Gasteiger partial charge in [-0.1, -0.05) is 12.1 Å². The maximum atomic E-state index is 12.5. The van der Waals surface area contributed by atoms with E-state index in [1.807, 2.05) is 24.3 Å². The summed E-state index contributed by atoms with van der Waals surface area (Å²) in [7, 11) is 4.80. The van der Waals surface area contributed by atoms with E-state index in [1.165, 1.54) is 0 Å². The summed E-state index contributed by atoms with van der Waals surface area (Å²) < 4.78 is 15.8. The third kappa shape index (κ3) is 5.16. The molecule has 0 fully saturated rings. The molecular weight excluding hydrogens is 370 g/mol. The molecule has 0 saturated carbocycles. The zero-order valence-electron chi connectivity index (χ0n) is 16.6. The van der Waals surface area contributed by atoms with Gasteiger partial charge >= 0.3 is 0 Å². The van der Waals surface area contributed by atoms with E-state index in [1.54, 1.807) is 57.9 Å². The minimum absolute atomic E-state index is 0.191. The zero-order chi connectivity index (χ0) is 20.6. The minimum atomic E-state index is -0.191. The van der Waals surface area contributed by atoms with Gasteiger partial charge in [-0.05, 0) is 42.0 Å². The number of carbonyl (C=O) groups is 1. The van der Waals surface area contributed by atoms with Crippen molar-refractivity contribution in [2.45, 2.75) is 6.54 Å². The van der Waals surface area contributed by atoms with Crippen molar-refractivity contribution in [1.29, 1.82) is 0 Å². The van der Waals surface area contributed by atoms with Crippen molar-refractivity contribution < 1.29 is 19.0 Å². The predicted octanol–water partition coefficient (Wildman–Crippen LogP) is 3.78. The van der Waals surface area contributed by atoms with Crippen LogP contribution in [-0.4, -0.2) is 32.2 Å².